The highest BCUT2D eigenvalue weighted by atomic mass is 19.1. The van der Waals surface area contributed by atoms with E-state index in [-0.39, 0.29) is 18.0 Å². The molecule has 0 saturated carbocycles. The fourth-order valence-electron chi connectivity index (χ4n) is 3.01. The third-order valence-corrected chi connectivity index (χ3v) is 4.27. The van der Waals surface area contributed by atoms with Crippen LogP contribution in [-0.4, -0.2) is 0 Å². The van der Waals surface area contributed by atoms with Crippen molar-refractivity contribution in [2.75, 3.05) is 0 Å². The number of hydrogen-bond donors (Lipinski definition) is 0. The van der Waals surface area contributed by atoms with Gasteiger partial charge in [0.25, 0.3) is 0 Å². The van der Waals surface area contributed by atoms with Gasteiger partial charge in [0.05, 0.1) is 5.39 Å². The highest BCUT2D eigenvalue weighted by molar-refractivity contribution is 6.05. The summed E-state index contributed by atoms with van der Waals surface area (Å²) in [6.07, 6.45) is 0. The molecule has 0 aliphatic heterocycles. The molecule has 0 atom stereocenters. The standard InChI is InChI=1S/C21H15FO3/c1-13-19(24-12-14-5-4-6-15(22)11-14)10-9-17-16-7-2-3-8-18(16)21(23)25-20(13)17/h2-11H,12H2,1H3. The second-order valence-corrected chi connectivity index (χ2v) is 5.92. The van der Waals surface area contributed by atoms with Crippen LogP contribution in [0.4, 0.5) is 4.39 Å². The monoisotopic (exact) mass is 334 g/mol. The first kappa shape index (κ1) is 15.4. The Morgan fingerprint density at radius 1 is 0.960 bits per heavy atom. The van der Waals surface area contributed by atoms with Crippen LogP contribution in [0.1, 0.15) is 11.1 Å². The minimum atomic E-state index is -0.367. The van der Waals surface area contributed by atoms with Gasteiger partial charge in [-0.25, -0.2) is 9.18 Å². The van der Waals surface area contributed by atoms with Crippen molar-refractivity contribution >= 4 is 21.7 Å². The molecule has 0 bridgehead atoms. The van der Waals surface area contributed by atoms with E-state index in [2.05, 4.69) is 0 Å². The number of hydrogen-bond acceptors (Lipinski definition) is 3. The lowest BCUT2D eigenvalue weighted by Gasteiger charge is -2.12. The minimum absolute atomic E-state index is 0.238. The van der Waals surface area contributed by atoms with Crippen molar-refractivity contribution in [1.82, 2.24) is 0 Å². The molecular weight excluding hydrogens is 319 g/mol. The largest absolute Gasteiger partial charge is 0.488 e. The second-order valence-electron chi connectivity index (χ2n) is 5.92. The van der Waals surface area contributed by atoms with Crippen molar-refractivity contribution < 1.29 is 13.5 Å². The molecule has 1 aromatic heterocycles. The molecule has 0 spiro atoms. The Hall–Kier alpha value is -3.14. The summed E-state index contributed by atoms with van der Waals surface area (Å²) in [7, 11) is 0. The summed E-state index contributed by atoms with van der Waals surface area (Å²) in [5.74, 6) is 0.309. The van der Waals surface area contributed by atoms with E-state index >= 15 is 0 Å². The van der Waals surface area contributed by atoms with Crippen LogP contribution in [0, 0.1) is 12.7 Å². The van der Waals surface area contributed by atoms with Gasteiger partial charge in [-0.05, 0) is 48.2 Å². The molecule has 124 valence electrons. The zero-order valence-corrected chi connectivity index (χ0v) is 13.6. The van der Waals surface area contributed by atoms with Gasteiger partial charge in [-0.15, -0.1) is 0 Å². The average Bonchev–Trinajstić information content (AvgIpc) is 2.62. The SMILES string of the molecule is Cc1c(OCc2cccc(F)c2)ccc2c1oc(=O)c1ccccc12. The molecule has 3 nitrogen and oxygen atoms in total. The number of rotatable bonds is 3. The van der Waals surface area contributed by atoms with Gasteiger partial charge in [0.2, 0.25) is 0 Å². The molecule has 4 aromatic rings. The Morgan fingerprint density at radius 3 is 2.56 bits per heavy atom. The van der Waals surface area contributed by atoms with Gasteiger partial charge in [-0.1, -0.05) is 30.3 Å². The summed E-state index contributed by atoms with van der Waals surface area (Å²) >= 11 is 0. The number of ether oxygens (including phenoxy) is 1. The number of benzene rings is 3. The lowest BCUT2D eigenvalue weighted by molar-refractivity contribution is 0.303. The molecule has 0 aliphatic rings. The number of halogens is 1. The van der Waals surface area contributed by atoms with Crippen molar-refractivity contribution in [3.05, 3.63) is 88.0 Å². The van der Waals surface area contributed by atoms with Gasteiger partial charge >= 0.3 is 5.63 Å². The van der Waals surface area contributed by atoms with E-state index in [0.29, 0.717) is 16.7 Å². The summed E-state index contributed by atoms with van der Waals surface area (Å²) in [5, 5.41) is 2.28. The van der Waals surface area contributed by atoms with Crippen molar-refractivity contribution in [3.8, 4) is 5.75 Å². The van der Waals surface area contributed by atoms with E-state index in [0.717, 1.165) is 21.9 Å². The quantitative estimate of drug-likeness (QED) is 0.392. The summed E-state index contributed by atoms with van der Waals surface area (Å²) in [5.41, 5.74) is 1.63. The molecule has 0 N–H and O–H groups in total. The van der Waals surface area contributed by atoms with Gasteiger partial charge in [0, 0.05) is 10.9 Å². The van der Waals surface area contributed by atoms with E-state index in [1.807, 2.05) is 37.3 Å². The lowest BCUT2D eigenvalue weighted by Crippen LogP contribution is -2.02. The fraction of sp³-hybridized carbons (Fsp3) is 0.0952. The predicted molar refractivity (Wildman–Crippen MR) is 95.5 cm³/mol. The zero-order chi connectivity index (χ0) is 17.4. The zero-order valence-electron chi connectivity index (χ0n) is 13.6. The molecule has 4 rings (SSSR count). The topological polar surface area (TPSA) is 39.4 Å². The fourth-order valence-corrected chi connectivity index (χ4v) is 3.01. The molecule has 0 saturated heterocycles. The molecule has 0 aliphatic carbocycles. The van der Waals surface area contributed by atoms with Crippen LogP contribution < -0.4 is 10.4 Å². The molecule has 0 fully saturated rings. The molecule has 3 aromatic carbocycles. The molecule has 0 amide bonds. The van der Waals surface area contributed by atoms with Gasteiger partial charge in [-0.3, -0.25) is 0 Å². The highest BCUT2D eigenvalue weighted by Crippen LogP contribution is 2.31. The van der Waals surface area contributed by atoms with E-state index < -0.39 is 0 Å². The molecule has 25 heavy (non-hydrogen) atoms. The van der Waals surface area contributed by atoms with Crippen LogP contribution >= 0.6 is 0 Å². The first-order chi connectivity index (χ1) is 12.1. The first-order valence-corrected chi connectivity index (χ1v) is 7.96. The van der Waals surface area contributed by atoms with Gasteiger partial charge < -0.3 is 9.15 Å². The van der Waals surface area contributed by atoms with Crippen LogP contribution in [0.2, 0.25) is 0 Å². The minimum Gasteiger partial charge on any atom is -0.488 e. The maximum atomic E-state index is 13.3. The highest BCUT2D eigenvalue weighted by Gasteiger charge is 2.12. The lowest BCUT2D eigenvalue weighted by atomic mass is 10.0. The van der Waals surface area contributed by atoms with E-state index in [4.69, 9.17) is 9.15 Å². The summed E-state index contributed by atoms with van der Waals surface area (Å²) < 4.78 is 24.6. The second kappa shape index (κ2) is 6.06. The summed E-state index contributed by atoms with van der Waals surface area (Å²) in [6.45, 7) is 2.09. The van der Waals surface area contributed by atoms with Crippen molar-refractivity contribution in [2.24, 2.45) is 0 Å². The van der Waals surface area contributed by atoms with Crippen LogP contribution in [0.5, 0.6) is 5.75 Å². The average molecular weight is 334 g/mol. The first-order valence-electron chi connectivity index (χ1n) is 7.96. The van der Waals surface area contributed by atoms with Crippen LogP contribution in [0.25, 0.3) is 21.7 Å². The summed E-state index contributed by atoms with van der Waals surface area (Å²) in [4.78, 5) is 12.2. The Labute approximate surface area is 143 Å². The Bertz CT molecular complexity index is 1140. The number of fused-ring (bicyclic) bond motifs is 3. The maximum absolute atomic E-state index is 13.3. The van der Waals surface area contributed by atoms with Gasteiger partial charge in [0.1, 0.15) is 23.8 Å². The van der Waals surface area contributed by atoms with Gasteiger partial charge in [-0.2, -0.15) is 0 Å². The Balaban J connectivity index is 1.77. The molecule has 0 radical (unpaired) electrons. The molecule has 0 unspecified atom stereocenters. The molecule has 1 heterocycles. The maximum Gasteiger partial charge on any atom is 0.344 e. The Morgan fingerprint density at radius 2 is 1.76 bits per heavy atom. The normalized spacial score (nSPS) is 11.1. The van der Waals surface area contributed by atoms with Crippen molar-refractivity contribution in [2.45, 2.75) is 13.5 Å². The predicted octanol–water partition coefficient (Wildman–Crippen LogP) is 4.97. The van der Waals surface area contributed by atoms with Crippen LogP contribution in [-0.2, 0) is 6.61 Å². The molecule has 4 heteroatoms. The van der Waals surface area contributed by atoms with E-state index in [1.54, 1.807) is 18.2 Å². The van der Waals surface area contributed by atoms with Gasteiger partial charge in [0.15, 0.2) is 0 Å². The van der Waals surface area contributed by atoms with Crippen molar-refractivity contribution in [3.63, 3.8) is 0 Å². The third kappa shape index (κ3) is 2.76. The Kier molecular flexibility index (Phi) is 3.73. The third-order valence-electron chi connectivity index (χ3n) is 4.27. The van der Waals surface area contributed by atoms with Crippen LogP contribution in [0.15, 0.2) is 69.9 Å². The van der Waals surface area contributed by atoms with Crippen LogP contribution in [0.3, 0.4) is 0 Å². The van der Waals surface area contributed by atoms with Crippen molar-refractivity contribution in [1.29, 1.82) is 0 Å². The number of aryl methyl sites for hydroxylation is 1. The smallest absolute Gasteiger partial charge is 0.344 e. The summed E-state index contributed by atoms with van der Waals surface area (Å²) in [6, 6.07) is 17.4. The van der Waals surface area contributed by atoms with E-state index in [1.165, 1.54) is 12.1 Å². The van der Waals surface area contributed by atoms with E-state index in [9.17, 15) is 9.18 Å². The molecular formula is C21H15FO3.